The molecule has 1 fully saturated rings. The van der Waals surface area contributed by atoms with Crippen molar-refractivity contribution in [3.05, 3.63) is 10.2 Å². The molecule has 3 heteroatoms. The molecule has 1 aliphatic carbocycles. The summed E-state index contributed by atoms with van der Waals surface area (Å²) >= 11 is 2.29. The maximum Gasteiger partial charge on any atom is 0.184 e. The van der Waals surface area contributed by atoms with Gasteiger partial charge in [0.1, 0.15) is 0 Å². The average molecular weight is 362 g/mol. The highest BCUT2D eigenvalue weighted by Crippen LogP contribution is 2.49. The fourth-order valence-corrected chi connectivity index (χ4v) is 3.74. The van der Waals surface area contributed by atoms with Crippen LogP contribution in [-0.2, 0) is 4.43 Å². The third-order valence-corrected chi connectivity index (χ3v) is 4.67. The predicted octanol–water partition coefficient (Wildman–Crippen LogP) is 4.74. The minimum absolute atomic E-state index is 0.265. The Kier molecular flexibility index (Phi) is 5.74. The lowest BCUT2D eigenvalue weighted by atomic mass is 9.63. The quantitative estimate of drug-likeness (QED) is 0.390. The third kappa shape index (κ3) is 4.42. The molecule has 0 aromatic heterocycles. The number of hydrogen-bond donors (Lipinski definition) is 0. The molecule has 17 heavy (non-hydrogen) atoms. The van der Waals surface area contributed by atoms with Crippen molar-refractivity contribution in [2.75, 3.05) is 0 Å². The molecule has 1 unspecified atom stereocenters. The Bertz CT molecular complexity index is 328. The molecule has 1 rings (SSSR count). The second-order valence-electron chi connectivity index (χ2n) is 5.79. The fraction of sp³-hybridized carbons (Fsp3) is 0.714. The summed E-state index contributed by atoms with van der Waals surface area (Å²) in [6.45, 7) is 8.71. The Balaban J connectivity index is 2.82. The third-order valence-electron chi connectivity index (χ3n) is 3.30. The molecule has 1 atom stereocenters. The molecule has 0 aromatic carbocycles. The van der Waals surface area contributed by atoms with Gasteiger partial charge in [-0.05, 0) is 43.5 Å². The zero-order valence-electron chi connectivity index (χ0n) is 11.3. The van der Waals surface area contributed by atoms with E-state index in [4.69, 9.17) is 4.43 Å². The molecular formula is C14H23IOSi. The maximum atomic E-state index is 6.36. The molecule has 0 radical (unpaired) electrons. The van der Waals surface area contributed by atoms with Crippen LogP contribution >= 0.6 is 22.6 Å². The van der Waals surface area contributed by atoms with E-state index < -0.39 is 8.32 Å². The summed E-state index contributed by atoms with van der Waals surface area (Å²) < 4.78 is 8.46. The van der Waals surface area contributed by atoms with Gasteiger partial charge in [0.15, 0.2) is 8.32 Å². The van der Waals surface area contributed by atoms with Gasteiger partial charge >= 0.3 is 0 Å². The van der Waals surface area contributed by atoms with Crippen molar-refractivity contribution in [2.24, 2.45) is 5.41 Å². The van der Waals surface area contributed by atoms with E-state index in [9.17, 15) is 0 Å². The molecule has 1 saturated carbocycles. The Morgan fingerprint density at radius 1 is 1.41 bits per heavy atom. The minimum atomic E-state index is -1.49. The summed E-state index contributed by atoms with van der Waals surface area (Å²) in [5.41, 5.74) is 0.297. The van der Waals surface area contributed by atoms with Gasteiger partial charge < -0.3 is 4.43 Å². The number of hydrogen-bond acceptors (Lipinski definition) is 1. The molecule has 1 aliphatic rings. The molecule has 0 spiro atoms. The Hall–Kier alpha value is 0.207. The first-order valence-electron chi connectivity index (χ1n) is 6.28. The predicted molar refractivity (Wildman–Crippen MR) is 85.7 cm³/mol. The minimum Gasteiger partial charge on any atom is -0.411 e. The summed E-state index contributed by atoms with van der Waals surface area (Å²) in [7, 11) is -1.49. The lowest BCUT2D eigenvalue weighted by molar-refractivity contribution is 0.0105. The Morgan fingerprint density at radius 2 is 2.06 bits per heavy atom. The highest BCUT2D eigenvalue weighted by Gasteiger charge is 2.44. The summed E-state index contributed by atoms with van der Waals surface area (Å²) in [4.78, 5) is 0. The molecule has 1 nitrogen and oxygen atoms in total. The van der Waals surface area contributed by atoms with Crippen LogP contribution in [0, 0.1) is 17.3 Å². The molecule has 0 amide bonds. The van der Waals surface area contributed by atoms with E-state index in [1.165, 1.54) is 19.3 Å². The van der Waals surface area contributed by atoms with Crippen LogP contribution in [0.3, 0.4) is 0 Å². The van der Waals surface area contributed by atoms with Crippen molar-refractivity contribution in [1.82, 2.24) is 0 Å². The summed E-state index contributed by atoms with van der Waals surface area (Å²) in [5, 5.41) is 0. The van der Waals surface area contributed by atoms with Gasteiger partial charge in [-0.2, -0.15) is 0 Å². The van der Waals surface area contributed by atoms with E-state index in [1.54, 1.807) is 0 Å². The van der Waals surface area contributed by atoms with Crippen LogP contribution < -0.4 is 0 Å². The molecule has 96 valence electrons. The van der Waals surface area contributed by atoms with Gasteiger partial charge in [-0.15, -0.1) is 11.8 Å². The lowest BCUT2D eigenvalue weighted by Crippen LogP contribution is -2.46. The van der Waals surface area contributed by atoms with Crippen LogP contribution in [0.5, 0.6) is 0 Å². The fourth-order valence-electron chi connectivity index (χ4n) is 2.27. The SMILES string of the molecule is CC#CCC1(C(/C=C/I)O[Si](C)(C)C)CCC1. The number of halogens is 1. The van der Waals surface area contributed by atoms with Crippen LogP contribution in [0.2, 0.25) is 19.6 Å². The second-order valence-corrected chi connectivity index (χ2v) is 11.0. The van der Waals surface area contributed by atoms with Gasteiger partial charge in [0.25, 0.3) is 0 Å². The van der Waals surface area contributed by atoms with E-state index in [0.29, 0.717) is 5.41 Å². The van der Waals surface area contributed by atoms with Crippen LogP contribution in [0.15, 0.2) is 10.2 Å². The Labute approximate surface area is 121 Å². The average Bonchev–Trinajstić information content (AvgIpc) is 2.14. The van der Waals surface area contributed by atoms with Crippen molar-refractivity contribution in [2.45, 2.75) is 58.4 Å². The highest BCUT2D eigenvalue weighted by atomic mass is 127. The topological polar surface area (TPSA) is 9.23 Å². The van der Waals surface area contributed by atoms with Crippen LogP contribution in [0.25, 0.3) is 0 Å². The van der Waals surface area contributed by atoms with Gasteiger partial charge in [0, 0.05) is 11.8 Å². The van der Waals surface area contributed by atoms with Crippen molar-refractivity contribution < 1.29 is 4.43 Å². The van der Waals surface area contributed by atoms with Gasteiger partial charge in [0.2, 0.25) is 0 Å². The first-order chi connectivity index (χ1) is 7.93. The van der Waals surface area contributed by atoms with Crippen molar-refractivity contribution in [3.63, 3.8) is 0 Å². The second kappa shape index (κ2) is 6.40. The molecule has 0 heterocycles. The van der Waals surface area contributed by atoms with Crippen molar-refractivity contribution >= 4 is 30.9 Å². The number of rotatable bonds is 5. The van der Waals surface area contributed by atoms with E-state index in [1.807, 2.05) is 6.92 Å². The summed E-state index contributed by atoms with van der Waals surface area (Å²) in [5.74, 6) is 6.30. The van der Waals surface area contributed by atoms with Crippen molar-refractivity contribution in [3.8, 4) is 11.8 Å². The first-order valence-corrected chi connectivity index (χ1v) is 10.9. The van der Waals surface area contributed by atoms with Gasteiger partial charge in [-0.1, -0.05) is 35.1 Å². The lowest BCUT2D eigenvalue weighted by Gasteiger charge is -2.47. The Morgan fingerprint density at radius 3 is 2.41 bits per heavy atom. The molecule has 0 aromatic rings. The first kappa shape index (κ1) is 15.3. The van der Waals surface area contributed by atoms with E-state index in [0.717, 1.165) is 6.42 Å². The molecule has 0 bridgehead atoms. The zero-order chi connectivity index (χ0) is 12.9. The van der Waals surface area contributed by atoms with Crippen LogP contribution in [0.4, 0.5) is 0 Å². The molecule has 0 saturated heterocycles. The molecular weight excluding hydrogens is 339 g/mol. The van der Waals surface area contributed by atoms with Crippen LogP contribution in [0.1, 0.15) is 32.6 Å². The normalized spacial score (nSPS) is 20.5. The molecule has 0 N–H and O–H groups in total. The maximum absolute atomic E-state index is 6.36. The van der Waals surface area contributed by atoms with Gasteiger partial charge in [-0.3, -0.25) is 0 Å². The smallest absolute Gasteiger partial charge is 0.184 e. The monoisotopic (exact) mass is 362 g/mol. The van der Waals surface area contributed by atoms with Crippen LogP contribution in [-0.4, -0.2) is 14.4 Å². The summed E-state index contributed by atoms with van der Waals surface area (Å²) in [6, 6.07) is 0. The standard InChI is InChI=1S/C14H23IOSi/c1-5-6-9-14(10-7-11-14)13(8-12-15)16-17(2,3)4/h8,12-13H,7,9-11H2,1-4H3/b12-8+. The zero-order valence-corrected chi connectivity index (χ0v) is 14.5. The van der Waals surface area contributed by atoms with Crippen molar-refractivity contribution in [1.29, 1.82) is 0 Å². The largest absolute Gasteiger partial charge is 0.411 e. The van der Waals surface area contributed by atoms with E-state index >= 15 is 0 Å². The summed E-state index contributed by atoms with van der Waals surface area (Å²) in [6.07, 6.45) is 7.33. The highest BCUT2D eigenvalue weighted by molar-refractivity contribution is 14.1. The van der Waals surface area contributed by atoms with Gasteiger partial charge in [-0.25, -0.2) is 0 Å². The molecule has 0 aliphatic heterocycles. The van der Waals surface area contributed by atoms with E-state index in [2.05, 4.69) is 64.2 Å². The van der Waals surface area contributed by atoms with E-state index in [-0.39, 0.29) is 6.10 Å². The van der Waals surface area contributed by atoms with Gasteiger partial charge in [0.05, 0.1) is 6.10 Å².